The van der Waals surface area contributed by atoms with Gasteiger partial charge in [0.15, 0.2) is 0 Å². The van der Waals surface area contributed by atoms with Crippen LogP contribution < -0.4 is 5.32 Å². The van der Waals surface area contributed by atoms with E-state index in [0.29, 0.717) is 5.02 Å². The molecule has 1 aliphatic heterocycles. The molecule has 0 amide bonds. The highest BCUT2D eigenvalue weighted by molar-refractivity contribution is 6.31. The monoisotopic (exact) mass is 185 g/mol. The summed E-state index contributed by atoms with van der Waals surface area (Å²) in [5, 5.41) is 3.73. The second-order valence-corrected chi connectivity index (χ2v) is 3.36. The van der Waals surface area contributed by atoms with E-state index in [1.54, 1.807) is 6.07 Å². The van der Waals surface area contributed by atoms with Crippen LogP contribution in [0.25, 0.3) is 0 Å². The van der Waals surface area contributed by atoms with Crippen molar-refractivity contribution in [3.8, 4) is 0 Å². The molecule has 0 unspecified atom stereocenters. The Hall–Kier alpha value is -0.600. The fourth-order valence-corrected chi connectivity index (χ4v) is 1.85. The Labute approximate surface area is 75.5 Å². The average Bonchev–Trinajstić information content (AvgIpc) is 2.04. The minimum absolute atomic E-state index is 0.248. The van der Waals surface area contributed by atoms with Gasteiger partial charge in [0.2, 0.25) is 0 Å². The van der Waals surface area contributed by atoms with Crippen molar-refractivity contribution in [2.45, 2.75) is 13.0 Å². The van der Waals surface area contributed by atoms with Crippen molar-refractivity contribution < 1.29 is 4.39 Å². The van der Waals surface area contributed by atoms with Gasteiger partial charge in [0.25, 0.3) is 0 Å². The highest BCUT2D eigenvalue weighted by Crippen LogP contribution is 2.24. The van der Waals surface area contributed by atoms with Gasteiger partial charge in [0.1, 0.15) is 5.82 Å². The SMILES string of the molecule is Fc1cc(Cl)c2c(c1)CNCC2. The summed E-state index contributed by atoms with van der Waals surface area (Å²) in [7, 11) is 0. The lowest BCUT2D eigenvalue weighted by molar-refractivity contribution is 0.604. The Balaban J connectivity index is 2.53. The molecule has 0 spiro atoms. The van der Waals surface area contributed by atoms with Crippen molar-refractivity contribution in [2.24, 2.45) is 0 Å². The Morgan fingerprint density at radius 1 is 1.42 bits per heavy atom. The molecule has 0 saturated carbocycles. The third kappa shape index (κ3) is 1.32. The van der Waals surface area contributed by atoms with Crippen LogP contribution >= 0.6 is 11.6 Å². The van der Waals surface area contributed by atoms with Gasteiger partial charge in [-0.1, -0.05) is 11.6 Å². The normalized spacial score (nSPS) is 15.8. The summed E-state index contributed by atoms with van der Waals surface area (Å²) in [6.45, 7) is 1.66. The van der Waals surface area contributed by atoms with Gasteiger partial charge >= 0.3 is 0 Å². The van der Waals surface area contributed by atoms with Crippen LogP contribution in [0, 0.1) is 5.82 Å². The zero-order valence-corrected chi connectivity index (χ0v) is 7.29. The zero-order chi connectivity index (χ0) is 8.55. The second kappa shape index (κ2) is 3.04. The molecular weight excluding hydrogens is 177 g/mol. The summed E-state index contributed by atoms with van der Waals surface area (Å²) in [6, 6.07) is 2.93. The van der Waals surface area contributed by atoms with E-state index in [9.17, 15) is 4.39 Å². The van der Waals surface area contributed by atoms with Crippen LogP contribution in [0.15, 0.2) is 12.1 Å². The minimum Gasteiger partial charge on any atom is -0.312 e. The van der Waals surface area contributed by atoms with Crippen LogP contribution in [-0.2, 0) is 13.0 Å². The minimum atomic E-state index is -0.248. The second-order valence-electron chi connectivity index (χ2n) is 2.95. The van der Waals surface area contributed by atoms with Crippen LogP contribution in [0.1, 0.15) is 11.1 Å². The molecule has 2 rings (SSSR count). The molecule has 12 heavy (non-hydrogen) atoms. The lowest BCUT2D eigenvalue weighted by atomic mass is 10.0. The maximum Gasteiger partial charge on any atom is 0.125 e. The van der Waals surface area contributed by atoms with Crippen LogP contribution in [-0.4, -0.2) is 6.54 Å². The van der Waals surface area contributed by atoms with Crippen molar-refractivity contribution in [1.29, 1.82) is 0 Å². The molecule has 0 bridgehead atoms. The maximum absolute atomic E-state index is 12.8. The molecule has 0 saturated heterocycles. The highest BCUT2D eigenvalue weighted by Gasteiger charge is 2.12. The molecule has 1 aromatic carbocycles. The fourth-order valence-electron chi connectivity index (χ4n) is 1.53. The van der Waals surface area contributed by atoms with Crippen molar-refractivity contribution >= 4 is 11.6 Å². The first kappa shape index (κ1) is 8.02. The third-order valence-electron chi connectivity index (χ3n) is 2.12. The molecule has 1 heterocycles. The van der Waals surface area contributed by atoms with E-state index in [0.717, 1.165) is 30.6 Å². The summed E-state index contributed by atoms with van der Waals surface area (Å²) < 4.78 is 12.8. The molecule has 1 N–H and O–H groups in total. The van der Waals surface area contributed by atoms with Gasteiger partial charge in [-0.15, -0.1) is 0 Å². The molecule has 64 valence electrons. The number of halogens is 2. The molecule has 0 atom stereocenters. The van der Waals surface area contributed by atoms with E-state index in [2.05, 4.69) is 5.32 Å². The number of fused-ring (bicyclic) bond motifs is 1. The van der Waals surface area contributed by atoms with Gasteiger partial charge in [-0.3, -0.25) is 0 Å². The van der Waals surface area contributed by atoms with Gasteiger partial charge < -0.3 is 5.32 Å². The van der Waals surface area contributed by atoms with Crippen LogP contribution in [0.2, 0.25) is 5.02 Å². The predicted molar refractivity (Wildman–Crippen MR) is 46.8 cm³/mol. The van der Waals surface area contributed by atoms with E-state index in [1.807, 2.05) is 0 Å². The number of nitrogens with one attached hydrogen (secondary N) is 1. The van der Waals surface area contributed by atoms with E-state index >= 15 is 0 Å². The smallest absolute Gasteiger partial charge is 0.125 e. The van der Waals surface area contributed by atoms with E-state index in [-0.39, 0.29) is 5.82 Å². The van der Waals surface area contributed by atoms with Crippen LogP contribution in [0.5, 0.6) is 0 Å². The first-order valence-electron chi connectivity index (χ1n) is 3.95. The van der Waals surface area contributed by atoms with E-state index in [1.165, 1.54) is 6.07 Å². The Kier molecular flexibility index (Phi) is 2.03. The van der Waals surface area contributed by atoms with Crippen molar-refractivity contribution in [3.63, 3.8) is 0 Å². The number of hydrogen-bond acceptors (Lipinski definition) is 1. The average molecular weight is 186 g/mol. The molecule has 3 heteroatoms. The molecule has 1 aromatic rings. The first-order chi connectivity index (χ1) is 5.77. The quantitative estimate of drug-likeness (QED) is 0.653. The summed E-state index contributed by atoms with van der Waals surface area (Å²) in [5.74, 6) is -0.248. The van der Waals surface area contributed by atoms with Gasteiger partial charge in [0.05, 0.1) is 0 Å². The lowest BCUT2D eigenvalue weighted by Gasteiger charge is -2.17. The molecule has 1 nitrogen and oxygen atoms in total. The van der Waals surface area contributed by atoms with Gasteiger partial charge in [0, 0.05) is 11.6 Å². The predicted octanol–water partition coefficient (Wildman–Crippen LogP) is 2.12. The largest absolute Gasteiger partial charge is 0.312 e. The highest BCUT2D eigenvalue weighted by atomic mass is 35.5. The number of hydrogen-bond donors (Lipinski definition) is 1. The molecule has 0 fully saturated rings. The molecule has 0 aromatic heterocycles. The maximum atomic E-state index is 12.8. The summed E-state index contributed by atoms with van der Waals surface area (Å²) >= 11 is 5.88. The van der Waals surface area contributed by atoms with Crippen LogP contribution in [0.3, 0.4) is 0 Å². The molecule has 0 aliphatic carbocycles. The summed E-state index contributed by atoms with van der Waals surface area (Å²) in [4.78, 5) is 0. The standard InChI is InChI=1S/C9H9ClFN/c10-9-4-7(11)3-6-5-12-2-1-8(6)9/h3-4,12H,1-2,5H2. The molecular formula is C9H9ClFN. The van der Waals surface area contributed by atoms with Crippen molar-refractivity contribution in [1.82, 2.24) is 5.32 Å². The first-order valence-corrected chi connectivity index (χ1v) is 4.32. The third-order valence-corrected chi connectivity index (χ3v) is 2.46. The van der Waals surface area contributed by atoms with Crippen molar-refractivity contribution in [2.75, 3.05) is 6.54 Å². The number of rotatable bonds is 0. The van der Waals surface area contributed by atoms with E-state index < -0.39 is 0 Å². The summed E-state index contributed by atoms with van der Waals surface area (Å²) in [6.07, 6.45) is 0.897. The fraction of sp³-hybridized carbons (Fsp3) is 0.333. The van der Waals surface area contributed by atoms with Crippen molar-refractivity contribution in [3.05, 3.63) is 34.1 Å². The summed E-state index contributed by atoms with van der Waals surface area (Å²) in [5.41, 5.74) is 2.09. The number of benzene rings is 1. The van der Waals surface area contributed by atoms with Crippen LogP contribution in [0.4, 0.5) is 4.39 Å². The molecule has 1 aliphatic rings. The van der Waals surface area contributed by atoms with Gasteiger partial charge in [-0.2, -0.15) is 0 Å². The Morgan fingerprint density at radius 3 is 3.08 bits per heavy atom. The lowest BCUT2D eigenvalue weighted by Crippen LogP contribution is -2.23. The topological polar surface area (TPSA) is 12.0 Å². The Bertz CT molecular complexity index is 312. The zero-order valence-electron chi connectivity index (χ0n) is 6.53. The van der Waals surface area contributed by atoms with Gasteiger partial charge in [-0.05, 0) is 36.2 Å². The van der Waals surface area contributed by atoms with Gasteiger partial charge in [-0.25, -0.2) is 4.39 Å². The Morgan fingerprint density at radius 2 is 2.25 bits per heavy atom. The van der Waals surface area contributed by atoms with E-state index in [4.69, 9.17) is 11.6 Å². The molecule has 0 radical (unpaired) electrons.